The number of ether oxygens (including phenoxy) is 1. The molecule has 1 saturated heterocycles. The number of hydrogen-bond donors (Lipinski definition) is 1. The summed E-state index contributed by atoms with van der Waals surface area (Å²) in [5.74, 6) is 0.822. The lowest BCUT2D eigenvalue weighted by atomic mass is 10.0. The van der Waals surface area contributed by atoms with Gasteiger partial charge in [-0.15, -0.1) is 16.4 Å². The predicted molar refractivity (Wildman–Crippen MR) is 142 cm³/mol. The predicted octanol–water partition coefficient (Wildman–Crippen LogP) is 5.43. The fourth-order valence-electron chi connectivity index (χ4n) is 4.47. The Bertz CT molecular complexity index is 1260. The van der Waals surface area contributed by atoms with E-state index in [0.29, 0.717) is 0 Å². The molecule has 0 radical (unpaired) electrons. The van der Waals surface area contributed by atoms with E-state index in [4.69, 9.17) is 4.74 Å². The topological polar surface area (TPSA) is 53.5 Å². The highest BCUT2D eigenvalue weighted by atomic mass is 32.1. The molecule has 1 aliphatic rings. The summed E-state index contributed by atoms with van der Waals surface area (Å²) in [5.41, 5.74) is 5.11. The second-order valence-electron chi connectivity index (χ2n) is 9.06. The van der Waals surface area contributed by atoms with Gasteiger partial charge in [0.15, 0.2) is 5.82 Å². The van der Waals surface area contributed by atoms with Gasteiger partial charge in [0.2, 0.25) is 0 Å². The standard InChI is InChI=1S/C27H31N5OS/c1-19(26-14-22(18-34-26)24-7-5-4-6-21(24)17-31(2)3)29-27-25-15-23(32-10-12-33-13-11-32)9-8-20(25)16-28-30-27/h4-9,14-16,18-19H,10-13,17H2,1-3H3,(H,29,30)/t19-/m1/s1. The number of anilines is 2. The van der Waals surface area contributed by atoms with E-state index in [0.717, 1.165) is 49.4 Å². The molecule has 34 heavy (non-hydrogen) atoms. The minimum Gasteiger partial charge on any atom is -0.378 e. The Kier molecular flexibility index (Phi) is 6.76. The van der Waals surface area contributed by atoms with Crippen LogP contribution in [0.2, 0.25) is 0 Å². The maximum absolute atomic E-state index is 5.52. The van der Waals surface area contributed by atoms with Crippen LogP contribution in [0.5, 0.6) is 0 Å². The summed E-state index contributed by atoms with van der Waals surface area (Å²) in [6, 6.07) is 17.6. The zero-order valence-electron chi connectivity index (χ0n) is 20.0. The number of thiophene rings is 1. The van der Waals surface area contributed by atoms with Crippen LogP contribution in [0.25, 0.3) is 21.9 Å². The quantitative estimate of drug-likeness (QED) is 0.386. The Hall–Kier alpha value is -3.00. The van der Waals surface area contributed by atoms with E-state index in [1.54, 1.807) is 11.3 Å². The van der Waals surface area contributed by atoms with Crippen LogP contribution >= 0.6 is 11.3 Å². The molecule has 2 aromatic heterocycles. The molecule has 0 aliphatic carbocycles. The lowest BCUT2D eigenvalue weighted by Crippen LogP contribution is -2.36. The molecule has 0 amide bonds. The number of nitrogens with zero attached hydrogens (tertiary/aromatic N) is 4. The van der Waals surface area contributed by atoms with E-state index in [2.05, 4.69) is 100 Å². The summed E-state index contributed by atoms with van der Waals surface area (Å²) in [6.07, 6.45) is 1.83. The van der Waals surface area contributed by atoms with Gasteiger partial charge in [-0.3, -0.25) is 0 Å². The van der Waals surface area contributed by atoms with Crippen LogP contribution in [0, 0.1) is 0 Å². The van der Waals surface area contributed by atoms with E-state index in [1.807, 2.05) is 6.20 Å². The van der Waals surface area contributed by atoms with Crippen LogP contribution in [-0.2, 0) is 11.3 Å². The van der Waals surface area contributed by atoms with E-state index in [-0.39, 0.29) is 6.04 Å². The maximum Gasteiger partial charge on any atom is 0.157 e. The molecule has 1 atom stereocenters. The Balaban J connectivity index is 1.39. The van der Waals surface area contributed by atoms with Crippen molar-refractivity contribution in [3.8, 4) is 11.1 Å². The molecule has 1 aliphatic heterocycles. The molecule has 0 saturated carbocycles. The molecule has 5 rings (SSSR count). The summed E-state index contributed by atoms with van der Waals surface area (Å²) in [4.78, 5) is 5.85. The minimum atomic E-state index is 0.117. The van der Waals surface area contributed by atoms with E-state index >= 15 is 0 Å². The van der Waals surface area contributed by atoms with Crippen LogP contribution in [0.1, 0.15) is 23.4 Å². The molecule has 2 aromatic carbocycles. The first-order chi connectivity index (χ1) is 16.6. The molecule has 4 aromatic rings. The van der Waals surface area contributed by atoms with Gasteiger partial charge in [0.25, 0.3) is 0 Å². The van der Waals surface area contributed by atoms with E-state index in [9.17, 15) is 0 Å². The molecular weight excluding hydrogens is 442 g/mol. The van der Waals surface area contributed by atoms with E-state index in [1.165, 1.54) is 27.3 Å². The van der Waals surface area contributed by atoms with Crippen molar-refractivity contribution in [2.75, 3.05) is 50.6 Å². The summed E-state index contributed by atoms with van der Waals surface area (Å²) in [7, 11) is 4.22. The monoisotopic (exact) mass is 473 g/mol. The van der Waals surface area contributed by atoms with Crippen molar-refractivity contribution in [3.63, 3.8) is 0 Å². The third-order valence-electron chi connectivity index (χ3n) is 6.24. The number of morpholine rings is 1. The fourth-order valence-corrected chi connectivity index (χ4v) is 5.38. The average molecular weight is 474 g/mol. The van der Waals surface area contributed by atoms with Crippen molar-refractivity contribution in [1.82, 2.24) is 15.1 Å². The fraction of sp³-hybridized carbons (Fsp3) is 0.333. The van der Waals surface area contributed by atoms with Crippen molar-refractivity contribution in [1.29, 1.82) is 0 Å². The first-order valence-corrected chi connectivity index (χ1v) is 12.6. The molecule has 0 bridgehead atoms. The van der Waals surface area contributed by atoms with Crippen molar-refractivity contribution in [2.45, 2.75) is 19.5 Å². The highest BCUT2D eigenvalue weighted by molar-refractivity contribution is 7.10. The molecule has 0 unspecified atom stereocenters. The molecule has 3 heterocycles. The molecule has 7 heteroatoms. The molecule has 0 spiro atoms. The van der Waals surface area contributed by atoms with Gasteiger partial charge in [-0.25, -0.2) is 0 Å². The summed E-state index contributed by atoms with van der Waals surface area (Å²) < 4.78 is 5.52. The van der Waals surface area contributed by atoms with Crippen molar-refractivity contribution < 1.29 is 4.74 Å². The summed E-state index contributed by atoms with van der Waals surface area (Å²) in [6.45, 7) is 6.48. The van der Waals surface area contributed by atoms with Crippen LogP contribution in [0.15, 0.2) is 60.1 Å². The van der Waals surface area contributed by atoms with Crippen LogP contribution in [0.3, 0.4) is 0 Å². The van der Waals surface area contributed by atoms with Gasteiger partial charge in [0, 0.05) is 41.0 Å². The third kappa shape index (κ3) is 4.92. The van der Waals surface area contributed by atoms with Crippen molar-refractivity contribution in [2.24, 2.45) is 0 Å². The minimum absolute atomic E-state index is 0.117. The molecular formula is C27H31N5OS. The number of aromatic nitrogens is 2. The highest BCUT2D eigenvalue weighted by Gasteiger charge is 2.16. The molecule has 1 fully saturated rings. The smallest absolute Gasteiger partial charge is 0.157 e. The Morgan fingerprint density at radius 1 is 1.12 bits per heavy atom. The number of hydrogen-bond acceptors (Lipinski definition) is 7. The van der Waals surface area contributed by atoms with Crippen LogP contribution in [0.4, 0.5) is 11.5 Å². The van der Waals surface area contributed by atoms with Crippen LogP contribution < -0.4 is 10.2 Å². The van der Waals surface area contributed by atoms with Gasteiger partial charge in [-0.05, 0) is 61.3 Å². The SMILES string of the molecule is C[C@@H](Nc1nncc2ccc(N3CCOCC3)cc12)c1cc(-c2ccccc2CN(C)C)cs1. The normalized spacial score (nSPS) is 15.1. The second kappa shape index (κ2) is 10.1. The lowest BCUT2D eigenvalue weighted by Gasteiger charge is -2.29. The Morgan fingerprint density at radius 3 is 2.76 bits per heavy atom. The molecule has 176 valence electrons. The largest absolute Gasteiger partial charge is 0.378 e. The van der Waals surface area contributed by atoms with Gasteiger partial charge < -0.3 is 19.9 Å². The number of rotatable bonds is 7. The number of benzene rings is 2. The summed E-state index contributed by atoms with van der Waals surface area (Å²) in [5, 5.41) is 16.8. The Labute approximate surface area is 205 Å². The van der Waals surface area contributed by atoms with Crippen molar-refractivity contribution in [3.05, 3.63) is 70.5 Å². The lowest BCUT2D eigenvalue weighted by molar-refractivity contribution is 0.122. The van der Waals surface area contributed by atoms with Crippen LogP contribution in [-0.4, -0.2) is 55.5 Å². The summed E-state index contributed by atoms with van der Waals surface area (Å²) >= 11 is 1.78. The molecule has 1 N–H and O–H groups in total. The van der Waals surface area contributed by atoms with Gasteiger partial charge >= 0.3 is 0 Å². The van der Waals surface area contributed by atoms with Gasteiger partial charge in [0.1, 0.15) is 0 Å². The second-order valence-corrected chi connectivity index (χ2v) is 10.0. The third-order valence-corrected chi connectivity index (χ3v) is 7.35. The average Bonchev–Trinajstić information content (AvgIpc) is 3.35. The van der Waals surface area contributed by atoms with Crippen molar-refractivity contribution >= 4 is 33.6 Å². The van der Waals surface area contributed by atoms with Gasteiger partial charge in [-0.1, -0.05) is 30.3 Å². The van der Waals surface area contributed by atoms with E-state index < -0.39 is 0 Å². The highest BCUT2D eigenvalue weighted by Crippen LogP contribution is 2.34. The molecule has 6 nitrogen and oxygen atoms in total. The van der Waals surface area contributed by atoms with Gasteiger partial charge in [-0.2, -0.15) is 5.10 Å². The first-order valence-electron chi connectivity index (χ1n) is 11.7. The zero-order valence-corrected chi connectivity index (χ0v) is 20.8. The zero-order chi connectivity index (χ0) is 23.5. The maximum atomic E-state index is 5.52. The first kappa shape index (κ1) is 22.8. The van der Waals surface area contributed by atoms with Gasteiger partial charge in [0.05, 0.1) is 25.5 Å². The Morgan fingerprint density at radius 2 is 1.94 bits per heavy atom. The number of fused-ring (bicyclic) bond motifs is 1. The number of nitrogens with one attached hydrogen (secondary N) is 1.